The molecule has 2 saturated carbocycles. The van der Waals surface area contributed by atoms with Crippen molar-refractivity contribution < 1.29 is 17.9 Å². The predicted molar refractivity (Wildman–Crippen MR) is 115 cm³/mol. The van der Waals surface area contributed by atoms with Gasteiger partial charge in [0.2, 0.25) is 10.0 Å². The summed E-state index contributed by atoms with van der Waals surface area (Å²) in [5.41, 5.74) is 1.19. The molecule has 0 unspecified atom stereocenters. The standard InChI is InChI=1S/C22H33N3O4S/c1-17-5-8-19(30(27,28)24-18-6-7-18)15-20(17)21(26)23-16-22(9-3-2-4-10-22)25-11-13-29-14-12-25/h5,8,15,18,24H,2-4,6-7,9-14,16H2,1H3,(H,23,26). The minimum absolute atomic E-state index is 0.0250. The number of rotatable bonds is 7. The van der Waals surface area contributed by atoms with Crippen molar-refractivity contribution in [1.82, 2.24) is 14.9 Å². The third-order valence-electron chi connectivity index (χ3n) is 6.71. The smallest absolute Gasteiger partial charge is 0.251 e. The number of morpholine rings is 1. The van der Waals surface area contributed by atoms with Gasteiger partial charge in [-0.3, -0.25) is 9.69 Å². The van der Waals surface area contributed by atoms with E-state index in [1.165, 1.54) is 25.3 Å². The van der Waals surface area contributed by atoms with Gasteiger partial charge in [0, 0.05) is 36.8 Å². The maximum atomic E-state index is 13.1. The minimum Gasteiger partial charge on any atom is -0.379 e. The summed E-state index contributed by atoms with van der Waals surface area (Å²) in [5.74, 6) is -0.200. The lowest BCUT2D eigenvalue weighted by molar-refractivity contribution is -0.0361. The van der Waals surface area contributed by atoms with Crippen LogP contribution in [-0.4, -0.2) is 63.7 Å². The molecule has 3 aliphatic rings. The van der Waals surface area contributed by atoms with Crippen LogP contribution in [-0.2, 0) is 14.8 Å². The highest BCUT2D eigenvalue weighted by Crippen LogP contribution is 2.34. The fourth-order valence-corrected chi connectivity index (χ4v) is 6.02. The molecule has 2 N–H and O–H groups in total. The third-order valence-corrected chi connectivity index (χ3v) is 8.23. The van der Waals surface area contributed by atoms with Gasteiger partial charge in [-0.1, -0.05) is 25.3 Å². The number of nitrogens with zero attached hydrogens (tertiary/aromatic N) is 1. The van der Waals surface area contributed by atoms with Crippen LogP contribution in [0.1, 0.15) is 60.9 Å². The van der Waals surface area contributed by atoms with Crippen molar-refractivity contribution in [2.24, 2.45) is 0 Å². The van der Waals surface area contributed by atoms with Crippen molar-refractivity contribution in [1.29, 1.82) is 0 Å². The van der Waals surface area contributed by atoms with E-state index in [4.69, 9.17) is 4.74 Å². The number of aryl methyl sites for hydroxylation is 1. The highest BCUT2D eigenvalue weighted by Gasteiger charge is 2.39. The van der Waals surface area contributed by atoms with Crippen LogP contribution in [0.3, 0.4) is 0 Å². The second-order valence-corrected chi connectivity index (χ2v) is 10.7. The molecule has 4 rings (SSSR count). The van der Waals surface area contributed by atoms with Crippen LogP contribution in [0.2, 0.25) is 0 Å². The van der Waals surface area contributed by atoms with Gasteiger partial charge in [-0.05, 0) is 50.3 Å². The largest absolute Gasteiger partial charge is 0.379 e. The second kappa shape index (κ2) is 8.94. The normalized spacial score (nSPS) is 22.6. The van der Waals surface area contributed by atoms with Gasteiger partial charge < -0.3 is 10.1 Å². The summed E-state index contributed by atoms with van der Waals surface area (Å²) in [5, 5.41) is 3.14. The Morgan fingerprint density at radius 2 is 1.87 bits per heavy atom. The van der Waals surface area contributed by atoms with E-state index >= 15 is 0 Å². The zero-order valence-corrected chi connectivity index (χ0v) is 18.6. The fourth-order valence-electron chi connectivity index (χ4n) is 4.69. The Bertz CT molecular complexity index is 870. The van der Waals surface area contributed by atoms with E-state index in [0.717, 1.165) is 57.6 Å². The first kappa shape index (κ1) is 21.7. The Kier molecular flexibility index (Phi) is 6.48. The molecule has 0 atom stereocenters. The maximum absolute atomic E-state index is 13.1. The lowest BCUT2D eigenvalue weighted by Crippen LogP contribution is -2.59. The topological polar surface area (TPSA) is 87.7 Å². The molecular formula is C22H33N3O4S. The van der Waals surface area contributed by atoms with E-state index in [-0.39, 0.29) is 22.4 Å². The van der Waals surface area contributed by atoms with Crippen LogP contribution in [0, 0.1) is 6.92 Å². The molecule has 3 fully saturated rings. The summed E-state index contributed by atoms with van der Waals surface area (Å²) < 4.78 is 33.4. The van der Waals surface area contributed by atoms with E-state index < -0.39 is 10.0 Å². The number of benzene rings is 1. The van der Waals surface area contributed by atoms with E-state index in [1.807, 2.05) is 6.92 Å². The molecule has 0 spiro atoms. The molecule has 1 heterocycles. The Labute approximate surface area is 179 Å². The van der Waals surface area contributed by atoms with Crippen LogP contribution in [0.15, 0.2) is 23.1 Å². The van der Waals surface area contributed by atoms with Crippen LogP contribution >= 0.6 is 0 Å². The Morgan fingerprint density at radius 1 is 1.17 bits per heavy atom. The van der Waals surface area contributed by atoms with Crippen molar-refractivity contribution in [2.75, 3.05) is 32.8 Å². The monoisotopic (exact) mass is 435 g/mol. The average molecular weight is 436 g/mol. The lowest BCUT2D eigenvalue weighted by Gasteiger charge is -2.48. The van der Waals surface area contributed by atoms with E-state index in [2.05, 4.69) is 14.9 Å². The van der Waals surface area contributed by atoms with Crippen LogP contribution in [0.25, 0.3) is 0 Å². The molecule has 8 heteroatoms. The molecular weight excluding hydrogens is 402 g/mol. The quantitative estimate of drug-likeness (QED) is 0.686. The number of hydrogen-bond donors (Lipinski definition) is 2. The number of sulfonamides is 1. The zero-order chi connectivity index (χ0) is 21.2. The van der Waals surface area contributed by atoms with Crippen molar-refractivity contribution >= 4 is 15.9 Å². The summed E-state index contributed by atoms with van der Waals surface area (Å²) in [6.45, 7) is 5.71. The van der Waals surface area contributed by atoms with Crippen molar-refractivity contribution in [3.8, 4) is 0 Å². The van der Waals surface area contributed by atoms with Gasteiger partial charge in [0.05, 0.1) is 18.1 Å². The SMILES string of the molecule is Cc1ccc(S(=O)(=O)NC2CC2)cc1C(=O)NCC1(N2CCOCC2)CCCCC1. The first-order valence-electron chi connectivity index (χ1n) is 11.1. The lowest BCUT2D eigenvalue weighted by atomic mass is 9.79. The molecule has 0 radical (unpaired) electrons. The van der Waals surface area contributed by atoms with E-state index in [0.29, 0.717) is 12.1 Å². The number of carbonyl (C=O) groups is 1. The molecule has 2 aliphatic carbocycles. The molecule has 30 heavy (non-hydrogen) atoms. The predicted octanol–water partition coefficient (Wildman–Crippen LogP) is 2.20. The molecule has 1 amide bonds. The molecule has 0 bridgehead atoms. The van der Waals surface area contributed by atoms with Gasteiger partial charge in [-0.25, -0.2) is 13.1 Å². The Balaban J connectivity index is 1.49. The number of ether oxygens (including phenoxy) is 1. The van der Waals surface area contributed by atoms with Gasteiger partial charge >= 0.3 is 0 Å². The molecule has 1 saturated heterocycles. The highest BCUT2D eigenvalue weighted by molar-refractivity contribution is 7.89. The number of nitrogens with one attached hydrogen (secondary N) is 2. The molecule has 7 nitrogen and oxygen atoms in total. The van der Waals surface area contributed by atoms with Crippen LogP contribution < -0.4 is 10.0 Å². The van der Waals surface area contributed by atoms with E-state index in [9.17, 15) is 13.2 Å². The van der Waals surface area contributed by atoms with Crippen molar-refractivity contribution in [2.45, 2.75) is 68.3 Å². The van der Waals surface area contributed by atoms with E-state index in [1.54, 1.807) is 12.1 Å². The molecule has 0 aromatic heterocycles. The minimum atomic E-state index is -3.59. The summed E-state index contributed by atoms with van der Waals surface area (Å²) in [7, 11) is -3.59. The summed E-state index contributed by atoms with van der Waals surface area (Å²) >= 11 is 0. The van der Waals surface area contributed by atoms with Gasteiger partial charge in [0.1, 0.15) is 0 Å². The second-order valence-electron chi connectivity index (χ2n) is 8.94. The molecule has 166 valence electrons. The third kappa shape index (κ3) is 4.88. The Morgan fingerprint density at radius 3 is 2.53 bits per heavy atom. The molecule has 1 aromatic carbocycles. The fraction of sp³-hybridized carbons (Fsp3) is 0.682. The number of carbonyl (C=O) groups excluding carboxylic acids is 1. The van der Waals surface area contributed by atoms with Crippen LogP contribution in [0.4, 0.5) is 0 Å². The Hall–Kier alpha value is -1.48. The number of amides is 1. The average Bonchev–Trinajstić information content (AvgIpc) is 3.57. The highest BCUT2D eigenvalue weighted by atomic mass is 32.2. The first-order chi connectivity index (χ1) is 14.4. The van der Waals surface area contributed by atoms with Gasteiger partial charge in [0.15, 0.2) is 0 Å². The zero-order valence-electron chi connectivity index (χ0n) is 17.8. The molecule has 1 aromatic rings. The van der Waals surface area contributed by atoms with Crippen LogP contribution in [0.5, 0.6) is 0 Å². The maximum Gasteiger partial charge on any atom is 0.251 e. The first-order valence-corrected chi connectivity index (χ1v) is 12.6. The molecule has 1 aliphatic heterocycles. The van der Waals surface area contributed by atoms with Crippen molar-refractivity contribution in [3.05, 3.63) is 29.3 Å². The summed E-state index contributed by atoms with van der Waals surface area (Å²) in [4.78, 5) is 15.7. The van der Waals surface area contributed by atoms with Gasteiger partial charge in [-0.2, -0.15) is 0 Å². The van der Waals surface area contributed by atoms with Gasteiger partial charge in [0.25, 0.3) is 5.91 Å². The van der Waals surface area contributed by atoms with Crippen molar-refractivity contribution in [3.63, 3.8) is 0 Å². The summed E-state index contributed by atoms with van der Waals surface area (Å²) in [6.07, 6.45) is 7.49. The van der Waals surface area contributed by atoms with Gasteiger partial charge in [-0.15, -0.1) is 0 Å². The number of hydrogen-bond acceptors (Lipinski definition) is 5. The summed E-state index contributed by atoms with van der Waals surface area (Å²) in [6, 6.07) is 4.84.